The molecule has 1 aromatic carbocycles. The zero-order chi connectivity index (χ0) is 20.6. The van der Waals surface area contributed by atoms with Crippen LogP contribution in [-0.4, -0.2) is 39.2 Å². The first-order chi connectivity index (χ1) is 12.6. The van der Waals surface area contributed by atoms with Gasteiger partial charge in [-0.2, -0.15) is 9.98 Å². The van der Waals surface area contributed by atoms with Gasteiger partial charge in [-0.15, -0.1) is 0 Å². The Balaban J connectivity index is 2.62. The van der Waals surface area contributed by atoms with Gasteiger partial charge in [0.15, 0.2) is 6.61 Å². The SMILES string of the molecule is CC(=O)Nc1ccc(S(=O)(=O)NCC(=O)OCC(=O)/C(C#N)=C(\C)N)cc1. The minimum Gasteiger partial charge on any atom is -0.456 e. The number of esters is 1. The molecule has 4 N–H and O–H groups in total. The van der Waals surface area contributed by atoms with Gasteiger partial charge in [-0.3, -0.25) is 14.4 Å². The molecule has 0 saturated carbocycles. The molecule has 0 saturated heterocycles. The van der Waals surface area contributed by atoms with Crippen molar-refractivity contribution in [1.29, 1.82) is 5.26 Å². The van der Waals surface area contributed by atoms with Gasteiger partial charge in [0.1, 0.15) is 18.2 Å². The van der Waals surface area contributed by atoms with Crippen molar-refractivity contribution in [1.82, 2.24) is 4.72 Å². The Hall–Kier alpha value is -3.23. The fraction of sp³-hybridized carbons (Fsp3) is 0.250. The molecule has 0 heterocycles. The fourth-order valence-corrected chi connectivity index (χ4v) is 2.77. The topological polar surface area (TPSA) is 168 Å². The van der Waals surface area contributed by atoms with Crippen molar-refractivity contribution < 1.29 is 27.5 Å². The molecule has 1 amide bonds. The lowest BCUT2D eigenvalue weighted by molar-refractivity contribution is -0.145. The number of carbonyl (C=O) groups excluding carboxylic acids is 3. The Kier molecular flexibility index (Phi) is 7.64. The van der Waals surface area contributed by atoms with E-state index in [9.17, 15) is 22.8 Å². The summed E-state index contributed by atoms with van der Waals surface area (Å²) < 4.78 is 30.9. The molecule has 0 radical (unpaired) electrons. The number of benzene rings is 1. The summed E-state index contributed by atoms with van der Waals surface area (Å²) in [6.07, 6.45) is 0. The van der Waals surface area contributed by atoms with Crippen molar-refractivity contribution in [2.45, 2.75) is 18.7 Å². The van der Waals surface area contributed by atoms with Crippen LogP contribution in [0.1, 0.15) is 13.8 Å². The third-order valence-electron chi connectivity index (χ3n) is 3.04. The summed E-state index contributed by atoms with van der Waals surface area (Å²) in [5.41, 5.74) is 5.42. The molecule has 0 spiro atoms. The third kappa shape index (κ3) is 6.89. The number of carbonyl (C=O) groups is 3. The summed E-state index contributed by atoms with van der Waals surface area (Å²) in [7, 11) is -4.00. The van der Waals surface area contributed by atoms with Gasteiger partial charge in [0, 0.05) is 18.3 Å². The van der Waals surface area contributed by atoms with Crippen LogP contribution >= 0.6 is 0 Å². The number of nitriles is 1. The number of Topliss-reactive ketones (excluding diaryl/α,β-unsaturated/α-hetero) is 1. The number of anilines is 1. The van der Waals surface area contributed by atoms with Crippen LogP contribution in [-0.2, 0) is 29.1 Å². The number of hydrogen-bond acceptors (Lipinski definition) is 8. The Morgan fingerprint density at radius 2 is 1.78 bits per heavy atom. The number of rotatable bonds is 8. The van der Waals surface area contributed by atoms with E-state index in [2.05, 4.69) is 10.1 Å². The first-order valence-corrected chi connectivity index (χ1v) is 8.97. The predicted molar refractivity (Wildman–Crippen MR) is 94.4 cm³/mol. The summed E-state index contributed by atoms with van der Waals surface area (Å²) in [6, 6.07) is 6.86. The Morgan fingerprint density at radius 1 is 1.19 bits per heavy atom. The maximum absolute atomic E-state index is 12.1. The highest BCUT2D eigenvalue weighted by Crippen LogP contribution is 2.13. The smallest absolute Gasteiger partial charge is 0.321 e. The lowest BCUT2D eigenvalue weighted by Gasteiger charge is -2.08. The van der Waals surface area contributed by atoms with E-state index in [1.807, 2.05) is 4.72 Å². The van der Waals surface area contributed by atoms with Gasteiger partial charge >= 0.3 is 5.97 Å². The van der Waals surface area contributed by atoms with Gasteiger partial charge in [0.2, 0.25) is 21.7 Å². The van der Waals surface area contributed by atoms with Crippen LogP contribution in [0, 0.1) is 11.3 Å². The summed E-state index contributed by atoms with van der Waals surface area (Å²) in [4.78, 5) is 34.1. The maximum atomic E-state index is 12.1. The molecule has 0 bridgehead atoms. The second-order valence-electron chi connectivity index (χ2n) is 5.28. The largest absolute Gasteiger partial charge is 0.456 e. The molecule has 1 rings (SSSR count). The number of nitrogens with two attached hydrogens (primary N) is 1. The minimum absolute atomic E-state index is 0.0121. The molecular formula is C16H18N4O6S. The van der Waals surface area contributed by atoms with E-state index >= 15 is 0 Å². The number of hydrogen-bond donors (Lipinski definition) is 3. The van der Waals surface area contributed by atoms with Crippen molar-refractivity contribution in [2.24, 2.45) is 5.73 Å². The van der Waals surface area contributed by atoms with Crippen molar-refractivity contribution in [3.63, 3.8) is 0 Å². The average Bonchev–Trinajstić information content (AvgIpc) is 2.58. The zero-order valence-electron chi connectivity index (χ0n) is 14.6. The van der Waals surface area contributed by atoms with Crippen molar-refractivity contribution >= 4 is 33.4 Å². The molecule has 0 atom stereocenters. The van der Waals surface area contributed by atoms with Crippen LogP contribution in [0.25, 0.3) is 0 Å². The highest BCUT2D eigenvalue weighted by atomic mass is 32.2. The first kappa shape index (κ1) is 21.8. The molecule has 144 valence electrons. The number of nitrogens with one attached hydrogen (secondary N) is 2. The van der Waals surface area contributed by atoms with E-state index in [0.29, 0.717) is 5.69 Å². The first-order valence-electron chi connectivity index (χ1n) is 7.49. The van der Waals surface area contributed by atoms with Gasteiger partial charge in [-0.1, -0.05) is 0 Å². The molecular weight excluding hydrogens is 376 g/mol. The molecule has 27 heavy (non-hydrogen) atoms. The van der Waals surface area contributed by atoms with Gasteiger partial charge < -0.3 is 15.8 Å². The molecule has 11 heteroatoms. The van der Waals surface area contributed by atoms with E-state index in [0.717, 1.165) is 0 Å². The summed E-state index contributed by atoms with van der Waals surface area (Å²) in [6.45, 7) is 1.22. The van der Waals surface area contributed by atoms with Gasteiger partial charge in [0.25, 0.3) is 0 Å². The van der Waals surface area contributed by atoms with E-state index < -0.39 is 34.9 Å². The number of amides is 1. The van der Waals surface area contributed by atoms with Crippen LogP contribution in [0.5, 0.6) is 0 Å². The minimum atomic E-state index is -4.00. The standard InChI is InChI=1S/C16H18N4O6S/c1-10(18)14(7-17)15(22)9-26-16(23)8-19-27(24,25)13-5-3-12(4-6-13)20-11(2)21/h3-6,19H,8-9,18H2,1-2H3,(H,20,21)/b14-10+. The maximum Gasteiger partial charge on any atom is 0.321 e. The lowest BCUT2D eigenvalue weighted by atomic mass is 10.1. The van der Waals surface area contributed by atoms with Gasteiger partial charge in [0.05, 0.1) is 4.90 Å². The summed E-state index contributed by atoms with van der Waals surface area (Å²) >= 11 is 0. The predicted octanol–water partition coefficient (Wildman–Crippen LogP) is -0.208. The average molecular weight is 394 g/mol. The molecule has 0 aromatic heterocycles. The van der Waals surface area contributed by atoms with Gasteiger partial charge in [-0.05, 0) is 31.2 Å². The summed E-state index contributed by atoms with van der Waals surface area (Å²) in [5.74, 6) is -2.10. The van der Waals surface area contributed by atoms with Crippen LogP contribution in [0.2, 0.25) is 0 Å². The van der Waals surface area contributed by atoms with Gasteiger partial charge in [-0.25, -0.2) is 8.42 Å². The number of allylic oxidation sites excluding steroid dienone is 1. The fourth-order valence-electron chi connectivity index (χ4n) is 1.80. The van der Waals surface area contributed by atoms with E-state index in [4.69, 9.17) is 11.0 Å². The van der Waals surface area contributed by atoms with Crippen LogP contribution in [0.3, 0.4) is 0 Å². The summed E-state index contributed by atoms with van der Waals surface area (Å²) in [5, 5.41) is 11.3. The lowest BCUT2D eigenvalue weighted by Crippen LogP contribution is -2.31. The van der Waals surface area contributed by atoms with Crippen LogP contribution < -0.4 is 15.8 Å². The van der Waals surface area contributed by atoms with Crippen molar-refractivity contribution in [2.75, 3.05) is 18.5 Å². The van der Waals surface area contributed by atoms with Crippen molar-refractivity contribution in [3.8, 4) is 6.07 Å². The van der Waals surface area contributed by atoms with E-state index in [-0.39, 0.29) is 22.1 Å². The second-order valence-corrected chi connectivity index (χ2v) is 7.05. The Labute approximate surface area is 156 Å². The molecule has 10 nitrogen and oxygen atoms in total. The molecule has 0 unspecified atom stereocenters. The van der Waals surface area contributed by atoms with Crippen molar-refractivity contribution in [3.05, 3.63) is 35.5 Å². The molecule has 0 aliphatic heterocycles. The van der Waals surface area contributed by atoms with E-state index in [1.54, 1.807) is 6.07 Å². The molecule has 0 fully saturated rings. The molecule has 0 aliphatic carbocycles. The number of ketones is 1. The van der Waals surface area contributed by atoms with Crippen LogP contribution in [0.15, 0.2) is 40.4 Å². The third-order valence-corrected chi connectivity index (χ3v) is 4.46. The normalized spacial score (nSPS) is 11.7. The number of sulfonamides is 1. The van der Waals surface area contributed by atoms with E-state index in [1.165, 1.54) is 38.1 Å². The highest BCUT2D eigenvalue weighted by molar-refractivity contribution is 7.89. The Morgan fingerprint density at radius 3 is 2.26 bits per heavy atom. The highest BCUT2D eigenvalue weighted by Gasteiger charge is 2.18. The quantitative estimate of drug-likeness (QED) is 0.309. The second kappa shape index (κ2) is 9.46. The molecule has 0 aliphatic rings. The number of ether oxygens (including phenoxy) is 1. The zero-order valence-corrected chi connectivity index (χ0v) is 15.4. The molecule has 1 aromatic rings. The van der Waals surface area contributed by atoms with Crippen LogP contribution in [0.4, 0.5) is 5.69 Å². The monoisotopic (exact) mass is 394 g/mol. The Bertz CT molecular complexity index is 909. The number of nitrogens with zero attached hydrogens (tertiary/aromatic N) is 1.